The lowest BCUT2D eigenvalue weighted by atomic mass is 10.0. The van der Waals surface area contributed by atoms with Crippen LogP contribution in [0, 0.1) is 23.2 Å². The molecule has 7 heteroatoms. The number of nitriles is 1. The summed E-state index contributed by atoms with van der Waals surface area (Å²) in [5, 5.41) is 12.5. The lowest BCUT2D eigenvalue weighted by Gasteiger charge is -2.22. The molecule has 25 heavy (non-hydrogen) atoms. The van der Waals surface area contributed by atoms with Crippen molar-refractivity contribution in [3.63, 3.8) is 0 Å². The Kier molecular flexibility index (Phi) is 5.48. The molecule has 3 aliphatic rings. The van der Waals surface area contributed by atoms with Crippen molar-refractivity contribution in [2.24, 2.45) is 11.8 Å². The van der Waals surface area contributed by atoms with Gasteiger partial charge in [0, 0.05) is 26.7 Å². The van der Waals surface area contributed by atoms with Gasteiger partial charge in [0.05, 0.1) is 12.6 Å². The molecule has 1 N–H and O–H groups in total. The average Bonchev–Trinajstić information content (AvgIpc) is 3.26. The molecular weight excluding hydrogens is 320 g/mol. The Morgan fingerprint density at radius 2 is 1.92 bits per heavy atom. The van der Waals surface area contributed by atoms with Crippen LogP contribution >= 0.6 is 0 Å². The number of ether oxygens (including phenoxy) is 1. The number of carbonyl (C=O) groups excluding carboxylic acids is 2. The fourth-order valence-electron chi connectivity index (χ4n) is 4.60. The fourth-order valence-corrected chi connectivity index (χ4v) is 4.60. The van der Waals surface area contributed by atoms with Crippen molar-refractivity contribution in [3.05, 3.63) is 0 Å². The summed E-state index contributed by atoms with van der Waals surface area (Å²) in [6, 6.07) is 2.32. The Morgan fingerprint density at radius 1 is 1.24 bits per heavy atom. The maximum atomic E-state index is 12.3. The maximum Gasteiger partial charge on any atom is 0.409 e. The van der Waals surface area contributed by atoms with Gasteiger partial charge in [-0.05, 0) is 50.4 Å². The Hall–Kier alpha value is -1.81. The van der Waals surface area contributed by atoms with E-state index in [4.69, 9.17) is 10.00 Å². The minimum Gasteiger partial charge on any atom is -0.446 e. The van der Waals surface area contributed by atoms with Gasteiger partial charge in [0.25, 0.3) is 0 Å². The zero-order chi connectivity index (χ0) is 18.0. The molecule has 7 nitrogen and oxygen atoms in total. The molecular formula is C18H28N4O3. The molecule has 138 valence electrons. The van der Waals surface area contributed by atoms with Crippen LogP contribution < -0.4 is 5.32 Å². The first-order chi connectivity index (χ1) is 12.0. The highest BCUT2D eigenvalue weighted by Gasteiger charge is 2.43. The summed E-state index contributed by atoms with van der Waals surface area (Å²) in [7, 11) is 3.40. The largest absolute Gasteiger partial charge is 0.446 e. The first-order valence-corrected chi connectivity index (χ1v) is 9.28. The second-order valence-electron chi connectivity index (χ2n) is 7.82. The Labute approximate surface area is 149 Å². The monoisotopic (exact) mass is 348 g/mol. The highest BCUT2D eigenvalue weighted by atomic mass is 16.6. The number of fused-ring (bicyclic) bond motifs is 1. The first-order valence-electron chi connectivity index (χ1n) is 9.28. The van der Waals surface area contributed by atoms with Gasteiger partial charge in [0.1, 0.15) is 12.1 Å². The molecule has 3 fully saturated rings. The standard InChI is InChI=1S/C18H28N4O3/c1-21(2)18(24)25-16-8-12-6-14(7-13(12)9-16)20-11-17(23)22-5-3-4-15(22)10-19/h12-16,20H,3-9,11H2,1-2H3. The zero-order valence-electron chi connectivity index (χ0n) is 15.1. The lowest BCUT2D eigenvalue weighted by molar-refractivity contribution is -0.130. The van der Waals surface area contributed by atoms with Gasteiger partial charge >= 0.3 is 6.09 Å². The SMILES string of the molecule is CN(C)C(=O)OC1CC2CC(NCC(=O)N3CCCC3C#N)CC2C1. The van der Waals surface area contributed by atoms with E-state index in [0.717, 1.165) is 38.5 Å². The third-order valence-corrected chi connectivity index (χ3v) is 5.87. The van der Waals surface area contributed by atoms with E-state index in [1.807, 2.05) is 0 Å². The quantitative estimate of drug-likeness (QED) is 0.829. The molecule has 0 bridgehead atoms. The van der Waals surface area contributed by atoms with Gasteiger partial charge in [-0.2, -0.15) is 5.26 Å². The molecule has 0 aromatic rings. The minimum atomic E-state index is -0.261. The van der Waals surface area contributed by atoms with Crippen molar-refractivity contribution in [1.29, 1.82) is 5.26 Å². The molecule has 0 aromatic heterocycles. The summed E-state index contributed by atoms with van der Waals surface area (Å²) in [6.07, 6.45) is 5.42. The molecule has 3 rings (SSSR count). The smallest absolute Gasteiger partial charge is 0.409 e. The van der Waals surface area contributed by atoms with E-state index in [2.05, 4.69) is 11.4 Å². The van der Waals surface area contributed by atoms with E-state index in [-0.39, 0.29) is 24.1 Å². The predicted molar refractivity (Wildman–Crippen MR) is 91.5 cm³/mol. The van der Waals surface area contributed by atoms with Gasteiger partial charge in [-0.1, -0.05) is 0 Å². The van der Waals surface area contributed by atoms with E-state index in [9.17, 15) is 9.59 Å². The van der Waals surface area contributed by atoms with Crippen molar-refractivity contribution in [2.45, 2.75) is 56.7 Å². The molecule has 3 unspecified atom stereocenters. The fraction of sp³-hybridized carbons (Fsp3) is 0.833. The van der Waals surface area contributed by atoms with Crippen molar-refractivity contribution < 1.29 is 14.3 Å². The van der Waals surface area contributed by atoms with Crippen LogP contribution in [0.2, 0.25) is 0 Å². The van der Waals surface area contributed by atoms with Crippen molar-refractivity contribution in [1.82, 2.24) is 15.1 Å². The lowest BCUT2D eigenvalue weighted by Crippen LogP contribution is -2.43. The van der Waals surface area contributed by atoms with Gasteiger partial charge in [-0.15, -0.1) is 0 Å². The number of hydrogen-bond acceptors (Lipinski definition) is 5. The van der Waals surface area contributed by atoms with Crippen LogP contribution in [0.1, 0.15) is 38.5 Å². The van der Waals surface area contributed by atoms with Gasteiger partial charge < -0.3 is 19.9 Å². The highest BCUT2D eigenvalue weighted by molar-refractivity contribution is 5.79. The van der Waals surface area contributed by atoms with E-state index >= 15 is 0 Å². The Balaban J connectivity index is 1.40. The molecule has 1 aliphatic heterocycles. The summed E-state index contributed by atoms with van der Waals surface area (Å²) in [5.41, 5.74) is 0. The summed E-state index contributed by atoms with van der Waals surface area (Å²) in [4.78, 5) is 27.1. The Morgan fingerprint density at radius 3 is 2.52 bits per heavy atom. The van der Waals surface area contributed by atoms with Crippen molar-refractivity contribution in [2.75, 3.05) is 27.2 Å². The summed E-state index contributed by atoms with van der Waals surface area (Å²) in [5.74, 6) is 1.19. The van der Waals surface area contributed by atoms with Crippen LogP contribution in [0.4, 0.5) is 4.79 Å². The normalized spacial score (nSPS) is 33.8. The number of nitrogens with one attached hydrogen (secondary N) is 1. The molecule has 2 saturated carbocycles. The number of hydrogen-bond donors (Lipinski definition) is 1. The predicted octanol–water partition coefficient (Wildman–Crippen LogP) is 1.35. The van der Waals surface area contributed by atoms with E-state index in [0.29, 0.717) is 31.0 Å². The zero-order valence-corrected chi connectivity index (χ0v) is 15.1. The number of rotatable bonds is 4. The summed E-state index contributed by atoms with van der Waals surface area (Å²) >= 11 is 0. The molecule has 0 spiro atoms. The van der Waals surface area contributed by atoms with Crippen LogP contribution in [0.3, 0.4) is 0 Å². The molecule has 0 radical (unpaired) electrons. The van der Waals surface area contributed by atoms with Gasteiger partial charge in [0.15, 0.2) is 0 Å². The second-order valence-corrected chi connectivity index (χ2v) is 7.82. The van der Waals surface area contributed by atoms with Crippen LogP contribution in [-0.2, 0) is 9.53 Å². The Bertz CT molecular complexity index is 545. The minimum absolute atomic E-state index is 0.0356. The molecule has 0 aromatic carbocycles. The average molecular weight is 348 g/mol. The topological polar surface area (TPSA) is 85.7 Å². The third kappa shape index (κ3) is 4.06. The number of amides is 2. The van der Waals surface area contributed by atoms with Gasteiger partial charge in [-0.3, -0.25) is 4.79 Å². The number of nitrogens with zero attached hydrogens (tertiary/aromatic N) is 3. The maximum absolute atomic E-state index is 12.3. The molecule has 3 atom stereocenters. The van der Waals surface area contributed by atoms with Crippen LogP contribution in [0.5, 0.6) is 0 Å². The van der Waals surface area contributed by atoms with E-state index in [1.54, 1.807) is 19.0 Å². The third-order valence-electron chi connectivity index (χ3n) is 5.87. The summed E-state index contributed by atoms with van der Waals surface area (Å²) < 4.78 is 5.51. The first kappa shape index (κ1) is 18.0. The molecule has 2 aliphatic carbocycles. The van der Waals surface area contributed by atoms with E-state index in [1.165, 1.54) is 4.90 Å². The molecule has 1 heterocycles. The van der Waals surface area contributed by atoms with Crippen LogP contribution in [-0.4, -0.2) is 67.2 Å². The van der Waals surface area contributed by atoms with Crippen LogP contribution in [0.15, 0.2) is 0 Å². The second kappa shape index (κ2) is 7.61. The molecule has 2 amide bonds. The summed E-state index contributed by atoms with van der Waals surface area (Å²) in [6.45, 7) is 1.02. The van der Waals surface area contributed by atoms with Crippen molar-refractivity contribution in [3.8, 4) is 6.07 Å². The van der Waals surface area contributed by atoms with Crippen molar-refractivity contribution >= 4 is 12.0 Å². The van der Waals surface area contributed by atoms with Crippen LogP contribution in [0.25, 0.3) is 0 Å². The highest BCUT2D eigenvalue weighted by Crippen LogP contribution is 2.45. The number of carbonyl (C=O) groups is 2. The van der Waals surface area contributed by atoms with E-state index < -0.39 is 0 Å². The number of likely N-dealkylation sites (tertiary alicyclic amines) is 1. The van der Waals surface area contributed by atoms with Gasteiger partial charge in [-0.25, -0.2) is 4.79 Å². The molecule has 1 saturated heterocycles. The van der Waals surface area contributed by atoms with Gasteiger partial charge in [0.2, 0.25) is 5.91 Å².